The molecule has 0 nitrogen and oxygen atoms in total. The van der Waals surface area contributed by atoms with E-state index in [0.717, 1.165) is 5.56 Å². The zero-order chi connectivity index (χ0) is 11.4. The zero-order valence-corrected chi connectivity index (χ0v) is 10.2. The molecule has 2 rings (SSSR count). The van der Waals surface area contributed by atoms with Crippen molar-refractivity contribution in [3.8, 4) is 0 Å². The highest BCUT2D eigenvalue weighted by Gasteiger charge is 2.29. The van der Waals surface area contributed by atoms with E-state index in [2.05, 4.69) is 0 Å². The number of hydrogen-bond acceptors (Lipinski definition) is 0. The Morgan fingerprint density at radius 2 is 1.88 bits per heavy atom. The van der Waals surface area contributed by atoms with E-state index in [1.54, 1.807) is 0 Å². The van der Waals surface area contributed by atoms with Crippen LogP contribution in [0.2, 0.25) is 0 Å². The van der Waals surface area contributed by atoms with Gasteiger partial charge >= 0.3 is 0 Å². The van der Waals surface area contributed by atoms with Gasteiger partial charge in [0.15, 0.2) is 0 Å². The van der Waals surface area contributed by atoms with Crippen LogP contribution in [-0.2, 0) is 0 Å². The Bertz CT molecular complexity index is 431. The smallest absolute Gasteiger partial charge is 0.101 e. The van der Waals surface area contributed by atoms with Gasteiger partial charge in [0.25, 0.3) is 0 Å². The summed E-state index contributed by atoms with van der Waals surface area (Å²) < 4.78 is 0. The lowest BCUT2D eigenvalue weighted by Crippen LogP contribution is -2.28. The molecule has 1 aromatic rings. The molecule has 0 saturated carbocycles. The van der Waals surface area contributed by atoms with Crippen LogP contribution in [0.5, 0.6) is 0 Å². The summed E-state index contributed by atoms with van der Waals surface area (Å²) in [6.07, 6.45) is 11.6. The molecule has 0 bridgehead atoms. The highest BCUT2D eigenvalue weighted by molar-refractivity contribution is 6.35. The van der Waals surface area contributed by atoms with Gasteiger partial charge in [0.05, 0.1) is 5.38 Å². The Kier molecular flexibility index (Phi) is 3.52. The maximum Gasteiger partial charge on any atom is 0.101 e. The molecule has 0 saturated heterocycles. The molecule has 2 heteroatoms. The number of benzene rings is 1. The van der Waals surface area contributed by atoms with Crippen LogP contribution in [0.15, 0.2) is 60.7 Å². The molecule has 0 amide bonds. The molecule has 16 heavy (non-hydrogen) atoms. The Morgan fingerprint density at radius 1 is 1.12 bits per heavy atom. The lowest BCUT2D eigenvalue weighted by molar-refractivity contribution is 0.879. The van der Waals surface area contributed by atoms with Crippen molar-refractivity contribution in [1.29, 1.82) is 0 Å². The van der Waals surface area contributed by atoms with Crippen LogP contribution in [0.4, 0.5) is 0 Å². The lowest BCUT2D eigenvalue weighted by atomic mass is 9.98. The van der Waals surface area contributed by atoms with Gasteiger partial charge in [-0.2, -0.15) is 0 Å². The molecular formula is C14H12Cl2. The lowest BCUT2D eigenvalue weighted by Gasteiger charge is -2.25. The van der Waals surface area contributed by atoms with Gasteiger partial charge in [-0.25, -0.2) is 0 Å². The molecule has 0 heterocycles. The van der Waals surface area contributed by atoms with Gasteiger partial charge < -0.3 is 0 Å². The fraction of sp³-hybridized carbons (Fsp3) is 0.143. The van der Waals surface area contributed by atoms with E-state index < -0.39 is 4.87 Å². The summed E-state index contributed by atoms with van der Waals surface area (Å²) in [6, 6.07) is 10.0. The Morgan fingerprint density at radius 3 is 2.56 bits per heavy atom. The SMILES string of the molecule is ClC1C=CC=CC1(Cl)C=Cc1ccccc1. The number of rotatable bonds is 2. The van der Waals surface area contributed by atoms with Gasteiger partial charge in [0, 0.05) is 0 Å². The standard InChI is InChI=1S/C14H12Cl2/c15-13-8-4-5-10-14(13,16)11-9-12-6-2-1-3-7-12/h1-11,13H. The summed E-state index contributed by atoms with van der Waals surface area (Å²) >= 11 is 12.6. The van der Waals surface area contributed by atoms with Crippen LogP contribution < -0.4 is 0 Å². The minimum absolute atomic E-state index is 0.209. The quantitative estimate of drug-likeness (QED) is 0.683. The first-order chi connectivity index (χ1) is 7.71. The third kappa shape index (κ3) is 2.58. The molecule has 2 atom stereocenters. The first kappa shape index (κ1) is 11.5. The fourth-order valence-electron chi connectivity index (χ4n) is 1.54. The summed E-state index contributed by atoms with van der Waals surface area (Å²) in [5.41, 5.74) is 1.12. The second-order valence-electron chi connectivity index (χ2n) is 3.72. The molecule has 0 radical (unpaired) electrons. The average Bonchev–Trinajstić information content (AvgIpc) is 2.32. The second-order valence-corrected chi connectivity index (χ2v) is 4.84. The van der Waals surface area contributed by atoms with Crippen LogP contribution in [0, 0.1) is 0 Å². The van der Waals surface area contributed by atoms with Crippen LogP contribution in [0.25, 0.3) is 6.08 Å². The second kappa shape index (κ2) is 4.90. The van der Waals surface area contributed by atoms with Gasteiger partial charge in [-0.05, 0) is 5.56 Å². The van der Waals surface area contributed by atoms with Crippen LogP contribution in [-0.4, -0.2) is 10.3 Å². The first-order valence-electron chi connectivity index (χ1n) is 5.14. The minimum Gasteiger partial charge on any atom is -0.116 e. The van der Waals surface area contributed by atoms with Crippen molar-refractivity contribution in [2.45, 2.75) is 10.3 Å². The molecule has 0 fully saturated rings. The molecule has 82 valence electrons. The summed E-state index contributed by atoms with van der Waals surface area (Å²) in [5.74, 6) is 0. The van der Waals surface area contributed by atoms with Gasteiger partial charge in [-0.1, -0.05) is 66.8 Å². The summed E-state index contributed by atoms with van der Waals surface area (Å²) in [5, 5.41) is -0.209. The van der Waals surface area contributed by atoms with Crippen molar-refractivity contribution in [2.24, 2.45) is 0 Å². The fourth-order valence-corrected chi connectivity index (χ4v) is 1.98. The molecule has 1 aliphatic rings. The molecule has 0 spiro atoms. The Balaban J connectivity index is 2.18. The Hall–Kier alpha value is -0.980. The zero-order valence-electron chi connectivity index (χ0n) is 8.68. The average molecular weight is 251 g/mol. The molecule has 0 N–H and O–H groups in total. The van der Waals surface area contributed by atoms with E-state index in [-0.39, 0.29) is 5.38 Å². The van der Waals surface area contributed by atoms with E-state index in [9.17, 15) is 0 Å². The van der Waals surface area contributed by atoms with E-state index in [0.29, 0.717) is 0 Å². The monoisotopic (exact) mass is 250 g/mol. The summed E-state index contributed by atoms with van der Waals surface area (Å²) in [6.45, 7) is 0. The molecule has 2 unspecified atom stereocenters. The number of halogens is 2. The van der Waals surface area contributed by atoms with E-state index in [1.807, 2.05) is 66.8 Å². The van der Waals surface area contributed by atoms with Gasteiger partial charge in [-0.3, -0.25) is 0 Å². The van der Waals surface area contributed by atoms with E-state index >= 15 is 0 Å². The predicted octanol–water partition coefficient (Wildman–Crippen LogP) is 4.41. The highest BCUT2D eigenvalue weighted by atomic mass is 35.5. The maximum atomic E-state index is 6.42. The topological polar surface area (TPSA) is 0 Å². The van der Waals surface area contributed by atoms with Crippen molar-refractivity contribution in [2.75, 3.05) is 0 Å². The van der Waals surface area contributed by atoms with Crippen LogP contribution in [0.3, 0.4) is 0 Å². The first-order valence-corrected chi connectivity index (χ1v) is 5.95. The molecule has 1 aromatic carbocycles. The largest absolute Gasteiger partial charge is 0.116 e. The Labute approximate surface area is 106 Å². The van der Waals surface area contributed by atoms with Gasteiger partial charge in [0.2, 0.25) is 0 Å². The number of allylic oxidation sites excluding steroid dienone is 5. The van der Waals surface area contributed by atoms with E-state index in [4.69, 9.17) is 23.2 Å². The summed E-state index contributed by atoms with van der Waals surface area (Å²) in [7, 11) is 0. The molecule has 1 aliphatic carbocycles. The maximum absolute atomic E-state index is 6.42. The van der Waals surface area contributed by atoms with Gasteiger partial charge in [0.1, 0.15) is 4.87 Å². The van der Waals surface area contributed by atoms with Crippen LogP contribution in [0.1, 0.15) is 5.56 Å². The normalized spacial score (nSPS) is 28.8. The summed E-state index contributed by atoms with van der Waals surface area (Å²) in [4.78, 5) is -0.619. The molecule has 0 aliphatic heterocycles. The minimum atomic E-state index is -0.619. The van der Waals surface area contributed by atoms with Crippen molar-refractivity contribution in [3.63, 3.8) is 0 Å². The third-order valence-electron chi connectivity index (χ3n) is 2.50. The molecule has 0 aromatic heterocycles. The number of hydrogen-bond donors (Lipinski definition) is 0. The third-order valence-corrected chi connectivity index (χ3v) is 3.60. The van der Waals surface area contributed by atoms with Crippen LogP contribution >= 0.6 is 23.2 Å². The van der Waals surface area contributed by atoms with Crippen molar-refractivity contribution >= 4 is 29.3 Å². The predicted molar refractivity (Wildman–Crippen MR) is 72.0 cm³/mol. The van der Waals surface area contributed by atoms with Crippen molar-refractivity contribution < 1.29 is 0 Å². The van der Waals surface area contributed by atoms with Crippen molar-refractivity contribution in [3.05, 3.63) is 66.3 Å². The van der Waals surface area contributed by atoms with E-state index in [1.165, 1.54) is 0 Å². The van der Waals surface area contributed by atoms with Crippen molar-refractivity contribution in [1.82, 2.24) is 0 Å². The molecular weight excluding hydrogens is 239 g/mol. The van der Waals surface area contributed by atoms with Gasteiger partial charge in [-0.15, -0.1) is 23.2 Å². The highest BCUT2D eigenvalue weighted by Crippen LogP contribution is 2.32. The number of alkyl halides is 2.